The first-order valence-corrected chi connectivity index (χ1v) is 5.02. The zero-order valence-electron chi connectivity index (χ0n) is 9.04. The number of rotatable bonds is 2. The van der Waals surface area contributed by atoms with Gasteiger partial charge in [-0.05, 0) is 43.2 Å². The second kappa shape index (κ2) is 4.82. The molecule has 0 atom stereocenters. The molecule has 1 rings (SSSR count). The van der Waals surface area contributed by atoms with Crippen LogP contribution in [0.4, 0.5) is 5.69 Å². The smallest absolute Gasteiger partial charge is 0.152 e. The molecule has 0 unspecified atom stereocenters. The van der Waals surface area contributed by atoms with E-state index in [0.29, 0.717) is 27.4 Å². The summed E-state index contributed by atoms with van der Waals surface area (Å²) in [7, 11) is 0. The van der Waals surface area contributed by atoms with Crippen LogP contribution in [0.2, 0.25) is 5.02 Å². The van der Waals surface area contributed by atoms with Gasteiger partial charge in [-0.3, -0.25) is 4.79 Å². The first-order chi connectivity index (χ1) is 7.45. The molecule has 0 aromatic heterocycles. The number of carbonyl (C=O) groups is 1. The highest BCUT2D eigenvalue weighted by Crippen LogP contribution is 2.27. The summed E-state index contributed by atoms with van der Waals surface area (Å²) in [5.41, 5.74) is 7.71. The van der Waals surface area contributed by atoms with Gasteiger partial charge < -0.3 is 5.73 Å². The topological polar surface area (TPSA) is 66.9 Å². The fourth-order valence-corrected chi connectivity index (χ4v) is 1.56. The largest absolute Gasteiger partial charge is 0.397 e. The average molecular weight is 235 g/mol. The number of halogens is 1. The van der Waals surface area contributed by atoms with Gasteiger partial charge in [-0.25, -0.2) is 0 Å². The van der Waals surface area contributed by atoms with Gasteiger partial charge in [0.15, 0.2) is 5.78 Å². The molecule has 0 aliphatic heterocycles. The molecular weight excluding hydrogens is 224 g/mol. The number of nitriles is 1. The number of carbonyl (C=O) groups excluding carboxylic acids is 1. The maximum atomic E-state index is 11.0. The number of nitrogen functional groups attached to an aromatic ring is 1. The zero-order valence-corrected chi connectivity index (χ0v) is 9.80. The van der Waals surface area contributed by atoms with Crippen LogP contribution >= 0.6 is 11.6 Å². The van der Waals surface area contributed by atoms with Crippen molar-refractivity contribution < 1.29 is 4.79 Å². The van der Waals surface area contributed by atoms with E-state index >= 15 is 0 Å². The number of hydrogen-bond donors (Lipinski definition) is 1. The van der Waals surface area contributed by atoms with Crippen LogP contribution in [-0.2, 0) is 4.79 Å². The molecule has 1 aromatic carbocycles. The van der Waals surface area contributed by atoms with Gasteiger partial charge in [-0.1, -0.05) is 11.6 Å². The molecular formula is C12H11ClN2O. The monoisotopic (exact) mass is 234 g/mol. The van der Waals surface area contributed by atoms with Crippen LogP contribution in [0, 0.1) is 11.3 Å². The van der Waals surface area contributed by atoms with Crippen LogP contribution in [0.15, 0.2) is 18.2 Å². The summed E-state index contributed by atoms with van der Waals surface area (Å²) < 4.78 is 0. The Morgan fingerprint density at radius 2 is 2.12 bits per heavy atom. The van der Waals surface area contributed by atoms with Crippen molar-refractivity contribution in [3.05, 3.63) is 34.4 Å². The van der Waals surface area contributed by atoms with E-state index in [1.165, 1.54) is 19.1 Å². The Kier molecular flexibility index (Phi) is 3.70. The third-order valence-electron chi connectivity index (χ3n) is 2.10. The minimum absolute atomic E-state index is 0.0747. The summed E-state index contributed by atoms with van der Waals surface area (Å²) in [4.78, 5) is 11.0. The lowest BCUT2D eigenvalue weighted by atomic mass is 10.00. The van der Waals surface area contributed by atoms with Crippen molar-refractivity contribution >= 4 is 28.6 Å². The van der Waals surface area contributed by atoms with Crippen LogP contribution in [0.1, 0.15) is 25.0 Å². The van der Waals surface area contributed by atoms with Crippen molar-refractivity contribution in [1.82, 2.24) is 0 Å². The fraction of sp³-hybridized carbons (Fsp3) is 0.167. The first-order valence-electron chi connectivity index (χ1n) is 4.64. The van der Waals surface area contributed by atoms with Gasteiger partial charge in [0.25, 0.3) is 0 Å². The van der Waals surface area contributed by atoms with E-state index in [2.05, 4.69) is 0 Å². The lowest BCUT2D eigenvalue weighted by Crippen LogP contribution is -1.94. The van der Waals surface area contributed by atoms with Crippen molar-refractivity contribution in [2.24, 2.45) is 0 Å². The van der Waals surface area contributed by atoms with Gasteiger partial charge in [-0.15, -0.1) is 0 Å². The molecule has 2 N–H and O–H groups in total. The van der Waals surface area contributed by atoms with Crippen LogP contribution in [0.25, 0.3) is 5.57 Å². The molecule has 3 nitrogen and oxygen atoms in total. The second-order valence-corrected chi connectivity index (χ2v) is 3.88. The highest BCUT2D eigenvalue weighted by molar-refractivity contribution is 6.33. The molecule has 0 aliphatic rings. The Morgan fingerprint density at radius 1 is 1.50 bits per heavy atom. The summed E-state index contributed by atoms with van der Waals surface area (Å²) in [6, 6.07) is 5.14. The molecule has 16 heavy (non-hydrogen) atoms. The van der Waals surface area contributed by atoms with Crippen LogP contribution < -0.4 is 5.73 Å². The predicted molar refractivity (Wildman–Crippen MR) is 64.9 cm³/mol. The SMILES string of the molecule is CC(=O)/C=C(/C)c1cc(Cl)c(N)cc1C#N. The molecule has 1 aromatic rings. The van der Waals surface area contributed by atoms with Crippen LogP contribution in [-0.4, -0.2) is 5.78 Å². The number of ketones is 1. The third-order valence-corrected chi connectivity index (χ3v) is 2.43. The number of hydrogen-bond acceptors (Lipinski definition) is 3. The maximum absolute atomic E-state index is 11.0. The molecule has 0 fully saturated rings. The van der Waals surface area contributed by atoms with Gasteiger partial charge >= 0.3 is 0 Å². The van der Waals surface area contributed by atoms with E-state index < -0.39 is 0 Å². The molecule has 0 spiro atoms. The van der Waals surface area contributed by atoms with Gasteiger partial charge in [0.05, 0.1) is 22.3 Å². The van der Waals surface area contributed by atoms with E-state index in [1.54, 1.807) is 13.0 Å². The van der Waals surface area contributed by atoms with Crippen LogP contribution in [0.5, 0.6) is 0 Å². The summed E-state index contributed by atoms with van der Waals surface area (Å²) in [5.74, 6) is -0.0747. The highest BCUT2D eigenvalue weighted by Gasteiger charge is 2.08. The summed E-state index contributed by atoms with van der Waals surface area (Å²) >= 11 is 5.88. The number of anilines is 1. The standard InChI is InChI=1S/C12H11ClN2O/c1-7(3-8(2)16)10-5-11(13)12(15)4-9(10)6-14/h3-5H,15H2,1-2H3/b7-3-. The normalized spacial score (nSPS) is 11.0. The van der Waals surface area contributed by atoms with E-state index in [0.717, 1.165) is 0 Å². The quantitative estimate of drug-likeness (QED) is 0.632. The summed E-state index contributed by atoms with van der Waals surface area (Å²) in [6.07, 6.45) is 1.46. The Morgan fingerprint density at radius 3 is 2.62 bits per heavy atom. The van der Waals surface area contributed by atoms with Crippen molar-refractivity contribution in [1.29, 1.82) is 5.26 Å². The number of nitrogens with zero attached hydrogens (tertiary/aromatic N) is 1. The van der Waals surface area contributed by atoms with Gasteiger partial charge in [-0.2, -0.15) is 5.26 Å². The lowest BCUT2D eigenvalue weighted by Gasteiger charge is -2.06. The summed E-state index contributed by atoms with van der Waals surface area (Å²) in [6.45, 7) is 3.21. The Labute approximate surface area is 99.1 Å². The van der Waals surface area contributed by atoms with Crippen molar-refractivity contribution in [3.8, 4) is 6.07 Å². The fourth-order valence-electron chi connectivity index (χ4n) is 1.39. The van der Waals surface area contributed by atoms with Crippen molar-refractivity contribution in [2.75, 3.05) is 5.73 Å². The third kappa shape index (κ3) is 2.62. The van der Waals surface area contributed by atoms with E-state index in [1.807, 2.05) is 6.07 Å². The van der Waals surface area contributed by atoms with E-state index in [4.69, 9.17) is 22.6 Å². The van der Waals surface area contributed by atoms with Crippen molar-refractivity contribution in [3.63, 3.8) is 0 Å². The summed E-state index contributed by atoms with van der Waals surface area (Å²) in [5, 5.41) is 9.34. The Bertz CT molecular complexity index is 512. The highest BCUT2D eigenvalue weighted by atomic mass is 35.5. The lowest BCUT2D eigenvalue weighted by molar-refractivity contribution is -0.112. The number of nitrogens with two attached hydrogens (primary N) is 1. The van der Waals surface area contributed by atoms with Gasteiger partial charge in [0.2, 0.25) is 0 Å². The molecule has 0 amide bonds. The minimum Gasteiger partial charge on any atom is -0.397 e. The first kappa shape index (κ1) is 12.3. The van der Waals surface area contributed by atoms with E-state index in [-0.39, 0.29) is 5.78 Å². The maximum Gasteiger partial charge on any atom is 0.152 e. The minimum atomic E-state index is -0.0747. The average Bonchev–Trinajstić information content (AvgIpc) is 2.20. The van der Waals surface area contributed by atoms with Crippen LogP contribution in [0.3, 0.4) is 0 Å². The van der Waals surface area contributed by atoms with E-state index in [9.17, 15) is 4.79 Å². The predicted octanol–water partition coefficient (Wildman–Crippen LogP) is 2.79. The molecule has 82 valence electrons. The van der Waals surface area contributed by atoms with Crippen molar-refractivity contribution in [2.45, 2.75) is 13.8 Å². The molecule has 0 aliphatic carbocycles. The molecule has 0 radical (unpaired) electrons. The van der Waals surface area contributed by atoms with Gasteiger partial charge in [0, 0.05) is 0 Å². The molecule has 4 heteroatoms. The van der Waals surface area contributed by atoms with Gasteiger partial charge in [0.1, 0.15) is 0 Å². The molecule has 0 saturated carbocycles. The zero-order chi connectivity index (χ0) is 12.3. The second-order valence-electron chi connectivity index (χ2n) is 3.47. The number of allylic oxidation sites excluding steroid dienone is 2. The Hall–Kier alpha value is -1.79. The molecule has 0 saturated heterocycles. The Balaban J connectivity index is 3.39. The molecule has 0 heterocycles. The molecule has 0 bridgehead atoms. The number of benzene rings is 1.